The molecule has 3 aliphatic heterocycles. The second-order valence-corrected chi connectivity index (χ2v) is 21.2. The SMILES string of the molecule is CC[C@H]1/C2=C/c3[nH]c4c(c3C)=C(O)[C@H](C(=O)OC)C=4C3N/C(=C/c4[nH]c(c(C(C)O)c4C)/C=C(\N2)[C@@H]1C)[C@@H](C)[C@@H]3CCC(=O)OCCC(C)CCC[C@H](C)CCC[C@H](C)CCCC(C)C. The number of ether oxygens (including phenoxy) is 2. The van der Waals surface area contributed by atoms with Gasteiger partial charge in [0.25, 0.3) is 0 Å². The van der Waals surface area contributed by atoms with Crippen LogP contribution in [0.3, 0.4) is 0 Å². The molecule has 0 amide bonds. The Morgan fingerprint density at radius 1 is 0.754 bits per heavy atom. The van der Waals surface area contributed by atoms with Crippen molar-refractivity contribution in [3.05, 3.63) is 61.4 Å². The summed E-state index contributed by atoms with van der Waals surface area (Å²) < 4.78 is 11.3. The lowest BCUT2D eigenvalue weighted by Gasteiger charge is -2.26. The van der Waals surface area contributed by atoms with E-state index in [9.17, 15) is 19.8 Å². The summed E-state index contributed by atoms with van der Waals surface area (Å²) in [6, 6.07) is -0.408. The van der Waals surface area contributed by atoms with Crippen LogP contribution in [-0.2, 0) is 19.1 Å². The molecule has 5 heterocycles. The number of rotatable bonds is 21. The van der Waals surface area contributed by atoms with Gasteiger partial charge in [0.05, 0.1) is 31.2 Å². The summed E-state index contributed by atoms with van der Waals surface area (Å²) in [4.78, 5) is 34.5. The number of nitrogens with one attached hydrogen (secondary N) is 4. The minimum absolute atomic E-state index is 0.0145. The Morgan fingerprint density at radius 3 is 1.94 bits per heavy atom. The van der Waals surface area contributed by atoms with Gasteiger partial charge in [-0.3, -0.25) is 9.59 Å². The molecule has 0 radical (unpaired) electrons. The number of carbonyl (C=O) groups is 2. The molecule has 2 aromatic rings. The second kappa shape index (κ2) is 22.1. The zero-order valence-corrected chi connectivity index (χ0v) is 42.0. The highest BCUT2D eigenvalue weighted by Gasteiger charge is 2.47. The first kappa shape index (κ1) is 50.2. The van der Waals surface area contributed by atoms with Crippen LogP contribution in [0, 0.1) is 67.1 Å². The number of aromatic nitrogens is 2. The molecule has 2 saturated heterocycles. The van der Waals surface area contributed by atoms with E-state index in [0.717, 1.165) is 98.8 Å². The molecule has 6 rings (SSSR count). The zero-order chi connectivity index (χ0) is 47.3. The van der Waals surface area contributed by atoms with Crippen molar-refractivity contribution in [2.45, 2.75) is 172 Å². The number of fused-ring (bicyclic) bond motifs is 8. The lowest BCUT2D eigenvalue weighted by molar-refractivity contribution is -0.144. The molecule has 0 spiro atoms. The molecule has 65 heavy (non-hydrogen) atoms. The number of hydrogen-bond acceptors (Lipinski definition) is 8. The second-order valence-electron chi connectivity index (χ2n) is 21.2. The highest BCUT2D eigenvalue weighted by molar-refractivity contribution is 5.95. The quantitative estimate of drug-likeness (QED) is 0.0679. The molecule has 2 aromatic heterocycles. The Labute approximate surface area is 390 Å². The molecule has 4 aliphatic rings. The number of aliphatic hydroxyl groups excluding tert-OH is 2. The molecule has 0 saturated carbocycles. The van der Waals surface area contributed by atoms with Gasteiger partial charge in [-0.05, 0) is 105 Å². The summed E-state index contributed by atoms with van der Waals surface area (Å²) in [7, 11) is 1.36. The molecule has 6 N–H and O–H groups in total. The summed E-state index contributed by atoms with van der Waals surface area (Å²) in [5, 5.41) is 32.0. The van der Waals surface area contributed by atoms with Gasteiger partial charge in [-0.2, -0.15) is 0 Å². The number of H-pyrrole nitrogens is 2. The van der Waals surface area contributed by atoms with Crippen LogP contribution in [0.25, 0.3) is 29.6 Å². The molecule has 10 nitrogen and oxygen atoms in total. The molecule has 360 valence electrons. The van der Waals surface area contributed by atoms with Gasteiger partial charge in [-0.1, -0.05) is 113 Å². The highest BCUT2D eigenvalue weighted by Crippen LogP contribution is 2.44. The van der Waals surface area contributed by atoms with Crippen molar-refractivity contribution in [2.75, 3.05) is 13.7 Å². The van der Waals surface area contributed by atoms with Crippen molar-refractivity contribution < 1.29 is 29.3 Å². The number of aliphatic hydroxyl groups is 2. The highest BCUT2D eigenvalue weighted by atomic mass is 16.5. The van der Waals surface area contributed by atoms with Crippen LogP contribution in [0.15, 0.2) is 17.1 Å². The van der Waals surface area contributed by atoms with E-state index in [1.165, 1.54) is 58.5 Å². The van der Waals surface area contributed by atoms with Crippen molar-refractivity contribution in [3.8, 4) is 0 Å². The van der Waals surface area contributed by atoms with E-state index >= 15 is 0 Å². The fourth-order valence-corrected chi connectivity index (χ4v) is 11.6. The number of esters is 2. The van der Waals surface area contributed by atoms with Crippen molar-refractivity contribution >= 4 is 41.5 Å². The maximum atomic E-state index is 13.7. The predicted molar refractivity (Wildman–Crippen MR) is 264 cm³/mol. The van der Waals surface area contributed by atoms with Gasteiger partial charge >= 0.3 is 11.9 Å². The standard InChI is InChI=1S/C55H84N4O6/c1-13-39-34(7)41-29-46-48(38(11)60)36(9)43(57-46)27-42-35(8)40(52(58-42)50-51(55(63)64-12)54(62)49-37(10)44(59-53(49)50)28-45(39)56-41)23-24-47(61)65-26-25-33(6)22-16-21-32(5)20-15-19-31(4)18-14-17-30(2)3/h27-35,38-40,51-52,56-60,62H,13-26H2,1-12H3/b41-29-,42-27+,45-28-/t31-,32-,33?,34-,35+,38?,39-,40+,51-,52?/m1/s1. The first-order chi connectivity index (χ1) is 30.9. The third-order valence-corrected chi connectivity index (χ3v) is 15.8. The summed E-state index contributed by atoms with van der Waals surface area (Å²) in [5.41, 5.74) is 9.11. The third-order valence-electron chi connectivity index (χ3n) is 15.8. The molecular formula is C55H84N4O6. The maximum absolute atomic E-state index is 13.7. The summed E-state index contributed by atoms with van der Waals surface area (Å²) >= 11 is 0. The number of allylic oxidation sites excluding steroid dienone is 3. The smallest absolute Gasteiger partial charge is 0.320 e. The van der Waals surface area contributed by atoms with Gasteiger partial charge < -0.3 is 40.3 Å². The molecule has 10 heteroatoms. The Bertz CT molecular complexity index is 2220. The third kappa shape index (κ3) is 11.3. The fraction of sp³-hybridized carbons (Fsp3) is 0.673. The Morgan fingerprint density at radius 2 is 1.34 bits per heavy atom. The van der Waals surface area contributed by atoms with Gasteiger partial charge in [-0.15, -0.1) is 0 Å². The maximum Gasteiger partial charge on any atom is 0.320 e. The molecule has 0 aromatic carbocycles. The zero-order valence-electron chi connectivity index (χ0n) is 42.0. The molecule has 8 bridgehead atoms. The predicted octanol–water partition coefficient (Wildman–Crippen LogP) is 10.6. The summed E-state index contributed by atoms with van der Waals surface area (Å²) in [5.74, 6) is 1.36. The normalized spacial score (nSPS) is 26.6. The van der Waals surface area contributed by atoms with Crippen molar-refractivity contribution in [1.82, 2.24) is 20.6 Å². The molecule has 1 aliphatic carbocycles. The molecule has 3 unspecified atom stereocenters. The van der Waals surface area contributed by atoms with Gasteiger partial charge in [0.2, 0.25) is 0 Å². The van der Waals surface area contributed by atoms with Gasteiger partial charge in [0.1, 0.15) is 11.7 Å². The number of carbonyl (C=O) groups excluding carboxylic acids is 2. The van der Waals surface area contributed by atoms with Gasteiger partial charge in [-0.25, -0.2) is 0 Å². The Hall–Kier alpha value is -4.18. The van der Waals surface area contributed by atoms with Crippen LogP contribution in [0.5, 0.6) is 0 Å². The van der Waals surface area contributed by atoms with E-state index in [1.54, 1.807) is 6.92 Å². The largest absolute Gasteiger partial charge is 0.510 e. The van der Waals surface area contributed by atoms with Crippen molar-refractivity contribution in [2.24, 2.45) is 53.3 Å². The summed E-state index contributed by atoms with van der Waals surface area (Å²) in [6.07, 6.45) is 19.9. The van der Waals surface area contributed by atoms with E-state index in [1.807, 2.05) is 13.8 Å². The average Bonchev–Trinajstić information content (AvgIpc) is 4.00. The first-order valence-corrected chi connectivity index (χ1v) is 25.4. The van der Waals surface area contributed by atoms with Crippen molar-refractivity contribution in [3.63, 3.8) is 0 Å². The van der Waals surface area contributed by atoms with Gasteiger partial charge in [0.15, 0.2) is 0 Å². The number of aromatic amines is 2. The van der Waals surface area contributed by atoms with Crippen LogP contribution in [0.2, 0.25) is 0 Å². The van der Waals surface area contributed by atoms with E-state index in [2.05, 4.69) is 94.2 Å². The number of hydrogen-bond donors (Lipinski definition) is 6. The van der Waals surface area contributed by atoms with E-state index in [4.69, 9.17) is 9.47 Å². The van der Waals surface area contributed by atoms with E-state index < -0.39 is 24.0 Å². The fourth-order valence-electron chi connectivity index (χ4n) is 11.6. The lowest BCUT2D eigenvalue weighted by atomic mass is 9.80. The topological polar surface area (TPSA) is 149 Å². The average molecular weight is 897 g/mol. The minimum Gasteiger partial charge on any atom is -0.510 e. The Balaban J connectivity index is 1.18. The lowest BCUT2D eigenvalue weighted by Crippen LogP contribution is -2.38. The van der Waals surface area contributed by atoms with Crippen molar-refractivity contribution in [1.29, 1.82) is 0 Å². The van der Waals surface area contributed by atoms with Crippen LogP contribution < -0.4 is 21.2 Å². The van der Waals surface area contributed by atoms with Gasteiger partial charge in [0, 0.05) is 69.1 Å². The van der Waals surface area contributed by atoms with Crippen LogP contribution in [0.1, 0.15) is 186 Å². The van der Waals surface area contributed by atoms with Crippen LogP contribution in [0.4, 0.5) is 0 Å². The first-order valence-electron chi connectivity index (χ1n) is 25.4. The minimum atomic E-state index is -1.00. The Kier molecular flexibility index (Phi) is 17.1. The van der Waals surface area contributed by atoms with E-state index in [-0.39, 0.29) is 41.8 Å². The van der Waals surface area contributed by atoms with Crippen LogP contribution in [-0.4, -0.2) is 51.9 Å². The summed E-state index contributed by atoms with van der Waals surface area (Å²) in [6.45, 7) is 24.6. The molecular weight excluding hydrogens is 813 g/mol. The van der Waals surface area contributed by atoms with Crippen LogP contribution >= 0.6 is 0 Å². The molecule has 10 atom stereocenters. The monoisotopic (exact) mass is 897 g/mol. The molecule has 2 fully saturated rings. The number of methoxy groups -OCH3 is 1. The van der Waals surface area contributed by atoms with E-state index in [0.29, 0.717) is 24.2 Å².